The van der Waals surface area contributed by atoms with Gasteiger partial charge in [-0.1, -0.05) is 30.3 Å². The highest BCUT2D eigenvalue weighted by Gasteiger charge is 2.23. The molecule has 0 atom stereocenters. The molecule has 0 radical (unpaired) electrons. The van der Waals surface area contributed by atoms with Gasteiger partial charge in [-0.3, -0.25) is 9.88 Å². The summed E-state index contributed by atoms with van der Waals surface area (Å²) >= 11 is 0. The van der Waals surface area contributed by atoms with E-state index in [1.54, 1.807) is 12.4 Å². The van der Waals surface area contributed by atoms with E-state index in [-0.39, 0.29) is 0 Å². The summed E-state index contributed by atoms with van der Waals surface area (Å²) in [5.41, 5.74) is 1.40. The molecule has 21 heavy (non-hydrogen) atoms. The molecule has 4 nitrogen and oxygen atoms in total. The Morgan fingerprint density at radius 2 is 1.90 bits per heavy atom. The van der Waals surface area contributed by atoms with Crippen LogP contribution >= 0.6 is 0 Å². The molecule has 1 aromatic heterocycles. The van der Waals surface area contributed by atoms with Crippen molar-refractivity contribution in [3.8, 4) is 0 Å². The molecule has 1 aliphatic heterocycles. The molecule has 0 aliphatic carbocycles. The Kier molecular flexibility index (Phi) is 4.46. The molecule has 110 valence electrons. The molecule has 2 aromatic rings. The average molecular weight is 282 g/mol. The molecule has 0 amide bonds. The fraction of sp³-hybridized carbons (Fsp3) is 0.412. The third kappa shape index (κ3) is 3.58. The van der Waals surface area contributed by atoms with Gasteiger partial charge in [0.25, 0.3) is 0 Å². The van der Waals surface area contributed by atoms with Crippen LogP contribution in [-0.2, 0) is 6.54 Å². The van der Waals surface area contributed by atoms with Gasteiger partial charge in [0.2, 0.25) is 0 Å². The van der Waals surface area contributed by atoms with E-state index in [4.69, 9.17) is 0 Å². The van der Waals surface area contributed by atoms with Crippen LogP contribution in [0, 0.1) is 0 Å². The van der Waals surface area contributed by atoms with Gasteiger partial charge >= 0.3 is 0 Å². The first-order valence-corrected chi connectivity index (χ1v) is 7.58. The number of hydrogen-bond donors (Lipinski definition) is 0. The minimum Gasteiger partial charge on any atom is -0.355 e. The summed E-state index contributed by atoms with van der Waals surface area (Å²) in [5.74, 6) is 0.971. The Bertz CT molecular complexity index is 535. The van der Waals surface area contributed by atoms with Crippen LogP contribution in [0.4, 0.5) is 5.82 Å². The first-order valence-electron chi connectivity index (χ1n) is 7.58. The van der Waals surface area contributed by atoms with Crippen LogP contribution in [-0.4, -0.2) is 41.0 Å². The van der Waals surface area contributed by atoms with Crippen LogP contribution in [0.3, 0.4) is 0 Å². The molecule has 3 rings (SSSR count). The van der Waals surface area contributed by atoms with Crippen molar-refractivity contribution < 1.29 is 0 Å². The predicted octanol–water partition coefficient (Wildman–Crippen LogP) is 2.58. The van der Waals surface area contributed by atoms with Crippen molar-refractivity contribution in [1.82, 2.24) is 14.9 Å². The second kappa shape index (κ2) is 6.68. The van der Waals surface area contributed by atoms with Gasteiger partial charge in [-0.15, -0.1) is 0 Å². The van der Waals surface area contributed by atoms with E-state index in [1.165, 1.54) is 18.4 Å². The van der Waals surface area contributed by atoms with Crippen LogP contribution in [0.2, 0.25) is 0 Å². The molecular formula is C17H22N4. The Morgan fingerprint density at radius 3 is 2.57 bits per heavy atom. The predicted molar refractivity (Wildman–Crippen MR) is 85.2 cm³/mol. The van der Waals surface area contributed by atoms with Gasteiger partial charge in [-0.2, -0.15) is 0 Å². The van der Waals surface area contributed by atoms with Gasteiger partial charge < -0.3 is 4.90 Å². The van der Waals surface area contributed by atoms with Crippen molar-refractivity contribution in [3.05, 3.63) is 54.5 Å². The van der Waals surface area contributed by atoms with Gasteiger partial charge in [-0.25, -0.2) is 4.98 Å². The molecule has 1 fully saturated rings. The molecule has 1 aromatic carbocycles. The molecule has 0 saturated carbocycles. The summed E-state index contributed by atoms with van der Waals surface area (Å²) in [7, 11) is 2.13. The lowest BCUT2D eigenvalue weighted by atomic mass is 10.0. The summed E-state index contributed by atoms with van der Waals surface area (Å²) in [4.78, 5) is 13.4. The van der Waals surface area contributed by atoms with Crippen LogP contribution in [0.5, 0.6) is 0 Å². The van der Waals surface area contributed by atoms with E-state index >= 15 is 0 Å². The summed E-state index contributed by atoms with van der Waals surface area (Å²) in [6.45, 7) is 3.34. The Balaban J connectivity index is 1.53. The number of rotatable bonds is 4. The van der Waals surface area contributed by atoms with Crippen molar-refractivity contribution >= 4 is 5.82 Å². The number of benzene rings is 1. The first-order chi connectivity index (χ1) is 10.3. The van der Waals surface area contributed by atoms with Crippen LogP contribution in [0.1, 0.15) is 18.4 Å². The lowest BCUT2D eigenvalue weighted by Gasteiger charge is -2.37. The molecule has 1 aliphatic rings. The zero-order chi connectivity index (χ0) is 14.5. The molecule has 1 saturated heterocycles. The minimum absolute atomic E-state index is 0.564. The number of anilines is 1. The van der Waals surface area contributed by atoms with Crippen molar-refractivity contribution in [3.63, 3.8) is 0 Å². The van der Waals surface area contributed by atoms with E-state index in [2.05, 4.69) is 57.1 Å². The number of piperidine rings is 1. The van der Waals surface area contributed by atoms with E-state index in [9.17, 15) is 0 Å². The van der Waals surface area contributed by atoms with Gasteiger partial charge in [0.15, 0.2) is 0 Å². The standard InChI is InChI=1S/C17H22N4/c1-20(17-13-18-9-10-19-17)16-7-11-21(12-8-16)14-15-5-3-2-4-6-15/h2-6,9-10,13,16H,7-8,11-12,14H2,1H3. The van der Waals surface area contributed by atoms with Crippen molar-refractivity contribution in [2.45, 2.75) is 25.4 Å². The van der Waals surface area contributed by atoms with Crippen molar-refractivity contribution in [1.29, 1.82) is 0 Å². The van der Waals surface area contributed by atoms with Gasteiger partial charge in [0.1, 0.15) is 5.82 Å². The second-order valence-corrected chi connectivity index (χ2v) is 5.67. The lowest BCUT2D eigenvalue weighted by molar-refractivity contribution is 0.203. The van der Waals surface area contributed by atoms with E-state index in [0.29, 0.717) is 6.04 Å². The fourth-order valence-corrected chi connectivity index (χ4v) is 2.97. The maximum atomic E-state index is 4.39. The van der Waals surface area contributed by atoms with Gasteiger partial charge in [-0.05, 0) is 18.4 Å². The van der Waals surface area contributed by atoms with Crippen molar-refractivity contribution in [2.24, 2.45) is 0 Å². The van der Waals surface area contributed by atoms with E-state index in [0.717, 1.165) is 25.5 Å². The third-order valence-electron chi connectivity index (χ3n) is 4.26. The second-order valence-electron chi connectivity index (χ2n) is 5.67. The Morgan fingerprint density at radius 1 is 1.14 bits per heavy atom. The SMILES string of the molecule is CN(c1cnccn1)C1CCN(Cc2ccccc2)CC1. The minimum atomic E-state index is 0.564. The van der Waals surface area contributed by atoms with Crippen LogP contribution in [0.15, 0.2) is 48.9 Å². The molecule has 0 spiro atoms. The zero-order valence-corrected chi connectivity index (χ0v) is 12.5. The first kappa shape index (κ1) is 14.0. The summed E-state index contributed by atoms with van der Waals surface area (Å²) < 4.78 is 0. The number of aromatic nitrogens is 2. The molecule has 0 N–H and O–H groups in total. The highest BCUT2D eigenvalue weighted by Crippen LogP contribution is 2.20. The quantitative estimate of drug-likeness (QED) is 0.863. The maximum absolute atomic E-state index is 4.39. The topological polar surface area (TPSA) is 32.3 Å². The molecule has 4 heteroatoms. The highest BCUT2D eigenvalue weighted by atomic mass is 15.2. The Labute approximate surface area is 126 Å². The van der Waals surface area contributed by atoms with Gasteiger partial charge in [0, 0.05) is 45.1 Å². The normalized spacial score (nSPS) is 16.8. The largest absolute Gasteiger partial charge is 0.355 e. The summed E-state index contributed by atoms with van der Waals surface area (Å²) in [5, 5.41) is 0. The fourth-order valence-electron chi connectivity index (χ4n) is 2.97. The highest BCUT2D eigenvalue weighted by molar-refractivity contribution is 5.35. The number of hydrogen-bond acceptors (Lipinski definition) is 4. The Hall–Kier alpha value is -1.94. The lowest BCUT2D eigenvalue weighted by Crippen LogP contribution is -2.43. The molecule has 0 bridgehead atoms. The van der Waals surface area contributed by atoms with E-state index in [1.807, 2.05) is 6.20 Å². The van der Waals surface area contributed by atoms with Crippen molar-refractivity contribution in [2.75, 3.05) is 25.0 Å². The monoisotopic (exact) mass is 282 g/mol. The van der Waals surface area contributed by atoms with Gasteiger partial charge in [0.05, 0.1) is 6.20 Å². The van der Waals surface area contributed by atoms with Crippen LogP contribution in [0.25, 0.3) is 0 Å². The smallest absolute Gasteiger partial charge is 0.147 e. The van der Waals surface area contributed by atoms with E-state index < -0.39 is 0 Å². The average Bonchev–Trinajstić information content (AvgIpc) is 2.57. The molecular weight excluding hydrogens is 260 g/mol. The molecule has 2 heterocycles. The number of nitrogens with zero attached hydrogens (tertiary/aromatic N) is 4. The third-order valence-corrected chi connectivity index (χ3v) is 4.26. The summed E-state index contributed by atoms with van der Waals surface area (Å²) in [6, 6.07) is 11.3. The molecule has 0 unspecified atom stereocenters. The zero-order valence-electron chi connectivity index (χ0n) is 12.5. The maximum Gasteiger partial charge on any atom is 0.147 e. The number of likely N-dealkylation sites (tertiary alicyclic amines) is 1. The van der Waals surface area contributed by atoms with Crippen LogP contribution < -0.4 is 4.90 Å². The summed E-state index contributed by atoms with van der Waals surface area (Å²) in [6.07, 6.45) is 7.69.